The van der Waals surface area contributed by atoms with Gasteiger partial charge in [0.25, 0.3) is 0 Å². The number of aryl methyl sites for hydroxylation is 1. The zero-order valence-electron chi connectivity index (χ0n) is 16.8. The highest BCUT2D eigenvalue weighted by Crippen LogP contribution is 2.31. The average Bonchev–Trinajstić information content (AvgIpc) is 3.33. The van der Waals surface area contributed by atoms with Gasteiger partial charge in [0.05, 0.1) is 28.2 Å². The molecule has 4 aromatic rings. The molecular weight excluding hydrogens is 386 g/mol. The van der Waals surface area contributed by atoms with Gasteiger partial charge in [-0.15, -0.1) is 0 Å². The predicted octanol–water partition coefficient (Wildman–Crippen LogP) is 3.90. The van der Waals surface area contributed by atoms with E-state index >= 15 is 0 Å². The number of fused-ring (bicyclic) bond motifs is 1. The third-order valence-corrected chi connectivity index (χ3v) is 6.15. The first-order chi connectivity index (χ1) is 13.8. The Morgan fingerprint density at radius 3 is 2.48 bits per heavy atom. The van der Waals surface area contributed by atoms with Crippen molar-refractivity contribution in [3.63, 3.8) is 0 Å². The summed E-state index contributed by atoms with van der Waals surface area (Å²) in [6, 6.07) is 10.7. The summed E-state index contributed by atoms with van der Waals surface area (Å²) in [4.78, 5) is 5.05. The molecule has 150 valence electrons. The monoisotopic (exact) mass is 409 g/mol. The summed E-state index contributed by atoms with van der Waals surface area (Å²) in [6.07, 6.45) is 3.77. The summed E-state index contributed by atoms with van der Waals surface area (Å²) < 4.78 is 25.2. The van der Waals surface area contributed by atoms with Gasteiger partial charge in [0.2, 0.25) is 0 Å². The molecule has 0 saturated heterocycles. The first-order valence-electron chi connectivity index (χ1n) is 9.52. The zero-order valence-corrected chi connectivity index (χ0v) is 17.7. The predicted molar refractivity (Wildman–Crippen MR) is 113 cm³/mol. The second-order valence-corrected chi connectivity index (χ2v) is 9.42. The van der Waals surface area contributed by atoms with E-state index in [4.69, 9.17) is 4.98 Å². The van der Waals surface area contributed by atoms with Crippen LogP contribution in [-0.2, 0) is 16.3 Å². The Kier molecular flexibility index (Phi) is 4.74. The fraction of sp³-hybridized carbons (Fsp3) is 0.286. The van der Waals surface area contributed by atoms with Gasteiger partial charge in [0.1, 0.15) is 0 Å². The number of nitrogens with one attached hydrogen (secondary N) is 1. The van der Waals surface area contributed by atoms with Crippen molar-refractivity contribution in [2.45, 2.75) is 38.0 Å². The van der Waals surface area contributed by atoms with E-state index in [9.17, 15) is 8.42 Å². The Hall–Kier alpha value is -3.00. The first kappa shape index (κ1) is 19.3. The van der Waals surface area contributed by atoms with Gasteiger partial charge >= 0.3 is 0 Å². The van der Waals surface area contributed by atoms with Gasteiger partial charge in [-0.25, -0.2) is 18.1 Å². The van der Waals surface area contributed by atoms with Crippen LogP contribution in [0.1, 0.15) is 37.9 Å². The lowest BCUT2D eigenvalue weighted by atomic mass is 9.97. The third kappa shape index (κ3) is 3.44. The Labute approximate surface area is 169 Å². The minimum atomic E-state index is -3.24. The van der Waals surface area contributed by atoms with Crippen LogP contribution >= 0.6 is 0 Å². The lowest BCUT2D eigenvalue weighted by Crippen LogP contribution is -2.03. The molecule has 7 nitrogen and oxygen atoms in total. The van der Waals surface area contributed by atoms with Crippen molar-refractivity contribution >= 4 is 20.9 Å². The van der Waals surface area contributed by atoms with Gasteiger partial charge in [-0.2, -0.15) is 10.2 Å². The quantitative estimate of drug-likeness (QED) is 0.539. The number of pyridine rings is 1. The van der Waals surface area contributed by atoms with Crippen LogP contribution in [0.3, 0.4) is 0 Å². The van der Waals surface area contributed by atoms with E-state index < -0.39 is 9.84 Å². The van der Waals surface area contributed by atoms with Crippen LogP contribution in [0.2, 0.25) is 0 Å². The van der Waals surface area contributed by atoms with Crippen LogP contribution in [-0.4, -0.2) is 39.6 Å². The molecule has 3 heterocycles. The second-order valence-electron chi connectivity index (χ2n) is 7.40. The van der Waals surface area contributed by atoms with E-state index in [-0.39, 0.29) is 4.90 Å². The maximum Gasteiger partial charge on any atom is 0.182 e. The average molecular weight is 410 g/mol. The molecule has 4 rings (SSSR count). The number of benzene rings is 1. The van der Waals surface area contributed by atoms with Crippen molar-refractivity contribution in [3.8, 4) is 17.1 Å². The summed E-state index contributed by atoms with van der Waals surface area (Å²) in [5.41, 5.74) is 5.34. The van der Waals surface area contributed by atoms with E-state index in [0.717, 1.165) is 34.6 Å². The zero-order chi connectivity index (χ0) is 20.8. The maximum atomic E-state index is 11.7. The van der Waals surface area contributed by atoms with Crippen LogP contribution in [0.4, 0.5) is 0 Å². The minimum Gasteiger partial charge on any atom is -0.280 e. The smallest absolute Gasteiger partial charge is 0.182 e. The van der Waals surface area contributed by atoms with E-state index in [2.05, 4.69) is 42.1 Å². The van der Waals surface area contributed by atoms with Gasteiger partial charge in [-0.05, 0) is 54.3 Å². The lowest BCUT2D eigenvalue weighted by molar-refractivity contribution is 0.602. The number of hydrogen-bond acceptors (Lipinski definition) is 5. The normalized spacial score (nSPS) is 12.2. The Balaban J connectivity index is 1.85. The molecule has 0 aliphatic rings. The summed E-state index contributed by atoms with van der Waals surface area (Å²) in [6.45, 7) is 6.42. The fourth-order valence-corrected chi connectivity index (χ4v) is 4.13. The number of rotatable bonds is 5. The van der Waals surface area contributed by atoms with Gasteiger partial charge in [0.15, 0.2) is 15.5 Å². The molecule has 0 spiro atoms. The standard InChI is InChI=1S/C21H23N5O2S/c1-5-17-20-16(13(2)3)12-18(23-21(20)25-24-17)19-10-11-22-26(19)14-6-8-15(9-7-14)29(4,27)28/h6-13H,5H2,1-4H3,(H,23,24,25). The molecule has 0 bridgehead atoms. The van der Waals surface area contributed by atoms with Crippen molar-refractivity contribution in [2.75, 3.05) is 6.26 Å². The van der Waals surface area contributed by atoms with Crippen molar-refractivity contribution in [1.29, 1.82) is 0 Å². The van der Waals surface area contributed by atoms with Crippen LogP contribution in [0.25, 0.3) is 28.1 Å². The summed E-state index contributed by atoms with van der Waals surface area (Å²) in [5, 5.41) is 13.0. The third-order valence-electron chi connectivity index (χ3n) is 5.02. The molecule has 3 aromatic heterocycles. The first-order valence-corrected chi connectivity index (χ1v) is 11.4. The van der Waals surface area contributed by atoms with E-state index in [1.165, 1.54) is 11.8 Å². The van der Waals surface area contributed by atoms with Crippen molar-refractivity contribution < 1.29 is 8.42 Å². The molecule has 0 saturated carbocycles. The number of nitrogens with zero attached hydrogens (tertiary/aromatic N) is 4. The van der Waals surface area contributed by atoms with E-state index in [1.807, 2.05) is 6.07 Å². The van der Waals surface area contributed by atoms with Crippen LogP contribution in [0.5, 0.6) is 0 Å². The van der Waals surface area contributed by atoms with E-state index in [0.29, 0.717) is 11.6 Å². The molecule has 8 heteroatoms. The Bertz CT molecular complexity index is 1280. The summed E-state index contributed by atoms with van der Waals surface area (Å²) >= 11 is 0. The van der Waals surface area contributed by atoms with Crippen molar-refractivity contribution in [2.24, 2.45) is 0 Å². The SMILES string of the molecule is CCc1[nH]nc2nc(-c3ccnn3-c3ccc(S(C)(=O)=O)cc3)cc(C(C)C)c12. The van der Waals surface area contributed by atoms with Crippen LogP contribution in [0, 0.1) is 0 Å². The molecule has 0 atom stereocenters. The van der Waals surface area contributed by atoms with Gasteiger partial charge in [0, 0.05) is 17.3 Å². The molecule has 0 radical (unpaired) electrons. The molecule has 0 unspecified atom stereocenters. The van der Waals surface area contributed by atoms with Gasteiger partial charge < -0.3 is 0 Å². The fourth-order valence-electron chi connectivity index (χ4n) is 3.50. The number of aromatic nitrogens is 5. The second kappa shape index (κ2) is 7.11. The maximum absolute atomic E-state index is 11.7. The molecule has 0 amide bonds. The van der Waals surface area contributed by atoms with Crippen LogP contribution < -0.4 is 0 Å². The highest BCUT2D eigenvalue weighted by Gasteiger charge is 2.18. The van der Waals surface area contributed by atoms with E-state index in [1.54, 1.807) is 35.1 Å². The Morgan fingerprint density at radius 2 is 1.86 bits per heavy atom. The van der Waals surface area contributed by atoms with Gasteiger partial charge in [-0.1, -0.05) is 20.8 Å². The van der Waals surface area contributed by atoms with Gasteiger partial charge in [-0.3, -0.25) is 5.10 Å². The number of aromatic amines is 1. The molecule has 0 aliphatic heterocycles. The highest BCUT2D eigenvalue weighted by molar-refractivity contribution is 7.90. The molecule has 1 aromatic carbocycles. The number of hydrogen-bond donors (Lipinski definition) is 1. The largest absolute Gasteiger partial charge is 0.280 e. The number of H-pyrrole nitrogens is 1. The Morgan fingerprint density at radius 1 is 1.14 bits per heavy atom. The van der Waals surface area contributed by atoms with Crippen molar-refractivity contribution in [3.05, 3.63) is 53.9 Å². The molecule has 1 N–H and O–H groups in total. The van der Waals surface area contributed by atoms with Crippen molar-refractivity contribution in [1.82, 2.24) is 25.0 Å². The highest BCUT2D eigenvalue weighted by atomic mass is 32.2. The molecule has 0 aliphatic carbocycles. The molecule has 29 heavy (non-hydrogen) atoms. The minimum absolute atomic E-state index is 0.278. The summed E-state index contributed by atoms with van der Waals surface area (Å²) in [5.74, 6) is 0.313. The summed E-state index contributed by atoms with van der Waals surface area (Å²) in [7, 11) is -3.24. The molecular formula is C21H23N5O2S. The lowest BCUT2D eigenvalue weighted by Gasteiger charge is -2.12. The number of sulfone groups is 1. The topological polar surface area (TPSA) is 93.5 Å². The molecule has 0 fully saturated rings. The van der Waals surface area contributed by atoms with Crippen LogP contribution in [0.15, 0.2) is 47.5 Å².